The Morgan fingerprint density at radius 3 is 2.46 bits per heavy atom. The summed E-state index contributed by atoms with van der Waals surface area (Å²) in [7, 11) is 0. The summed E-state index contributed by atoms with van der Waals surface area (Å²) in [5.74, 6) is -0.00319. The summed E-state index contributed by atoms with van der Waals surface area (Å²) in [6.07, 6.45) is 0.970. The fourth-order valence-corrected chi connectivity index (χ4v) is 2.49. The standard InChI is InChI=1S/C21H25NO4/c1-4-15(2)17-10-6-7-11-18(17)22-20(23)13-26-21(24)14-25-19-12-8-5-9-16(19)3/h5-12,15H,4,13-14H2,1-3H3,(H,22,23)/t15-/m1/s1. The molecule has 0 aliphatic carbocycles. The number of benzene rings is 2. The molecule has 138 valence electrons. The van der Waals surface area contributed by atoms with Crippen LogP contribution < -0.4 is 10.1 Å². The third-order valence-electron chi connectivity index (χ3n) is 4.18. The molecular formula is C21H25NO4. The van der Waals surface area contributed by atoms with E-state index >= 15 is 0 Å². The van der Waals surface area contributed by atoms with E-state index in [0.717, 1.165) is 23.2 Å². The van der Waals surface area contributed by atoms with E-state index in [1.165, 1.54) is 0 Å². The van der Waals surface area contributed by atoms with Gasteiger partial charge in [-0.1, -0.05) is 50.2 Å². The molecule has 0 spiro atoms. The van der Waals surface area contributed by atoms with Crippen molar-refractivity contribution in [2.45, 2.75) is 33.1 Å². The first-order valence-electron chi connectivity index (χ1n) is 8.74. The van der Waals surface area contributed by atoms with Crippen LogP contribution in [0.5, 0.6) is 5.75 Å². The molecule has 0 radical (unpaired) electrons. The molecule has 0 aromatic heterocycles. The highest BCUT2D eigenvalue weighted by atomic mass is 16.6. The fraction of sp³-hybridized carbons (Fsp3) is 0.333. The van der Waals surface area contributed by atoms with Crippen molar-refractivity contribution in [3.8, 4) is 5.75 Å². The van der Waals surface area contributed by atoms with Gasteiger partial charge in [0.1, 0.15) is 5.75 Å². The molecule has 0 unspecified atom stereocenters. The monoisotopic (exact) mass is 355 g/mol. The molecule has 0 aliphatic heterocycles. The first kappa shape index (κ1) is 19.5. The summed E-state index contributed by atoms with van der Waals surface area (Å²) in [6, 6.07) is 15.0. The molecule has 1 atom stereocenters. The van der Waals surface area contributed by atoms with Gasteiger partial charge in [-0.3, -0.25) is 4.79 Å². The number of esters is 1. The second-order valence-electron chi connectivity index (χ2n) is 6.16. The van der Waals surface area contributed by atoms with E-state index in [1.54, 1.807) is 6.07 Å². The van der Waals surface area contributed by atoms with Crippen LogP contribution in [0.25, 0.3) is 0 Å². The molecule has 2 aromatic rings. The van der Waals surface area contributed by atoms with Crippen molar-refractivity contribution in [2.75, 3.05) is 18.5 Å². The molecule has 26 heavy (non-hydrogen) atoms. The summed E-state index contributed by atoms with van der Waals surface area (Å²) in [4.78, 5) is 23.9. The highest BCUT2D eigenvalue weighted by Gasteiger charge is 2.13. The molecule has 0 saturated heterocycles. The van der Waals surface area contributed by atoms with Crippen LogP contribution in [0.2, 0.25) is 0 Å². The van der Waals surface area contributed by atoms with Gasteiger partial charge in [0, 0.05) is 5.69 Å². The second-order valence-corrected chi connectivity index (χ2v) is 6.16. The van der Waals surface area contributed by atoms with Gasteiger partial charge in [-0.2, -0.15) is 0 Å². The summed E-state index contributed by atoms with van der Waals surface area (Å²) in [5.41, 5.74) is 2.75. The zero-order valence-electron chi connectivity index (χ0n) is 15.5. The molecule has 0 bridgehead atoms. The number of anilines is 1. The summed E-state index contributed by atoms with van der Waals surface area (Å²) in [6.45, 7) is 5.52. The Morgan fingerprint density at radius 1 is 1.04 bits per heavy atom. The van der Waals surface area contributed by atoms with Crippen molar-refractivity contribution >= 4 is 17.6 Å². The Bertz CT molecular complexity index is 757. The van der Waals surface area contributed by atoms with Crippen LogP contribution >= 0.6 is 0 Å². The van der Waals surface area contributed by atoms with Crippen LogP contribution in [-0.2, 0) is 14.3 Å². The molecule has 0 saturated carbocycles. The van der Waals surface area contributed by atoms with E-state index < -0.39 is 5.97 Å². The number of hydrogen-bond donors (Lipinski definition) is 1. The van der Waals surface area contributed by atoms with Crippen molar-refractivity contribution in [2.24, 2.45) is 0 Å². The van der Waals surface area contributed by atoms with Gasteiger partial charge in [-0.15, -0.1) is 0 Å². The predicted octanol–water partition coefficient (Wildman–Crippen LogP) is 4.07. The van der Waals surface area contributed by atoms with Crippen molar-refractivity contribution < 1.29 is 19.1 Å². The number of nitrogens with one attached hydrogen (secondary N) is 1. The maximum Gasteiger partial charge on any atom is 0.344 e. The first-order chi connectivity index (χ1) is 12.5. The summed E-state index contributed by atoms with van der Waals surface area (Å²) < 4.78 is 10.4. The topological polar surface area (TPSA) is 64.6 Å². The molecule has 1 amide bonds. The normalized spacial score (nSPS) is 11.5. The smallest absolute Gasteiger partial charge is 0.344 e. The van der Waals surface area contributed by atoms with Crippen molar-refractivity contribution in [1.82, 2.24) is 0 Å². The number of ether oxygens (including phenoxy) is 2. The minimum atomic E-state index is -0.585. The van der Waals surface area contributed by atoms with Crippen molar-refractivity contribution in [1.29, 1.82) is 0 Å². The number of amides is 1. The van der Waals surface area contributed by atoms with Crippen LogP contribution in [0.4, 0.5) is 5.69 Å². The lowest BCUT2D eigenvalue weighted by Gasteiger charge is -2.15. The number of aryl methyl sites for hydroxylation is 1. The van der Waals surface area contributed by atoms with Crippen LogP contribution in [0.15, 0.2) is 48.5 Å². The predicted molar refractivity (Wildman–Crippen MR) is 101 cm³/mol. The minimum Gasteiger partial charge on any atom is -0.482 e. The van der Waals surface area contributed by atoms with Gasteiger partial charge in [-0.25, -0.2) is 4.79 Å². The van der Waals surface area contributed by atoms with Gasteiger partial charge < -0.3 is 14.8 Å². The Morgan fingerprint density at radius 2 is 1.73 bits per heavy atom. The van der Waals surface area contributed by atoms with Crippen LogP contribution in [0, 0.1) is 6.92 Å². The van der Waals surface area contributed by atoms with Gasteiger partial charge in [0.25, 0.3) is 5.91 Å². The SMILES string of the molecule is CC[C@@H](C)c1ccccc1NC(=O)COC(=O)COc1ccccc1C. The third kappa shape index (κ3) is 5.62. The Hall–Kier alpha value is -2.82. The van der Waals surface area contributed by atoms with E-state index in [9.17, 15) is 9.59 Å². The Kier molecular flexibility index (Phi) is 7.21. The minimum absolute atomic E-state index is 0.235. The Balaban J connectivity index is 1.82. The molecular weight excluding hydrogens is 330 g/mol. The number of para-hydroxylation sites is 2. The van der Waals surface area contributed by atoms with Crippen molar-refractivity contribution in [3.63, 3.8) is 0 Å². The second kappa shape index (κ2) is 9.61. The average Bonchev–Trinajstić information content (AvgIpc) is 2.65. The third-order valence-corrected chi connectivity index (χ3v) is 4.18. The van der Waals surface area contributed by atoms with Gasteiger partial charge in [0.05, 0.1) is 0 Å². The maximum absolute atomic E-state index is 12.1. The Labute approximate surface area is 154 Å². The average molecular weight is 355 g/mol. The maximum atomic E-state index is 12.1. The number of hydrogen-bond acceptors (Lipinski definition) is 4. The quantitative estimate of drug-likeness (QED) is 0.725. The lowest BCUT2D eigenvalue weighted by Crippen LogP contribution is -2.24. The highest BCUT2D eigenvalue weighted by molar-refractivity contribution is 5.93. The van der Waals surface area contributed by atoms with Gasteiger partial charge in [0.15, 0.2) is 13.2 Å². The van der Waals surface area contributed by atoms with Crippen LogP contribution in [0.1, 0.15) is 37.3 Å². The molecule has 0 aliphatic rings. The number of carbonyl (C=O) groups excluding carboxylic acids is 2. The van der Waals surface area contributed by atoms with E-state index in [0.29, 0.717) is 11.7 Å². The highest BCUT2D eigenvalue weighted by Crippen LogP contribution is 2.26. The summed E-state index contributed by atoms with van der Waals surface area (Å²) in [5, 5.41) is 2.81. The van der Waals surface area contributed by atoms with E-state index in [1.807, 2.05) is 49.4 Å². The molecule has 2 aromatic carbocycles. The molecule has 5 heteroatoms. The van der Waals surface area contributed by atoms with Crippen LogP contribution in [-0.4, -0.2) is 25.1 Å². The fourth-order valence-electron chi connectivity index (χ4n) is 2.49. The van der Waals surface area contributed by atoms with Gasteiger partial charge in [-0.05, 0) is 42.5 Å². The van der Waals surface area contributed by atoms with Gasteiger partial charge in [0.2, 0.25) is 0 Å². The van der Waals surface area contributed by atoms with E-state index in [2.05, 4.69) is 19.2 Å². The van der Waals surface area contributed by atoms with Crippen molar-refractivity contribution in [3.05, 3.63) is 59.7 Å². The zero-order valence-corrected chi connectivity index (χ0v) is 15.5. The molecule has 0 fully saturated rings. The lowest BCUT2D eigenvalue weighted by atomic mass is 9.97. The molecule has 0 heterocycles. The molecule has 1 N–H and O–H groups in total. The van der Waals surface area contributed by atoms with E-state index in [-0.39, 0.29) is 19.1 Å². The summed E-state index contributed by atoms with van der Waals surface area (Å²) >= 11 is 0. The molecule has 2 rings (SSSR count). The largest absolute Gasteiger partial charge is 0.482 e. The number of rotatable bonds is 8. The number of carbonyl (C=O) groups is 2. The van der Waals surface area contributed by atoms with Gasteiger partial charge >= 0.3 is 5.97 Å². The van der Waals surface area contributed by atoms with Crippen LogP contribution in [0.3, 0.4) is 0 Å². The first-order valence-corrected chi connectivity index (χ1v) is 8.74. The molecule has 5 nitrogen and oxygen atoms in total. The lowest BCUT2D eigenvalue weighted by molar-refractivity contribution is -0.149. The zero-order chi connectivity index (χ0) is 18.9. The van der Waals surface area contributed by atoms with E-state index in [4.69, 9.17) is 9.47 Å².